The summed E-state index contributed by atoms with van der Waals surface area (Å²) < 4.78 is 62.5. The second-order valence-electron chi connectivity index (χ2n) is 4.89. The van der Waals surface area contributed by atoms with Crippen molar-refractivity contribution in [2.45, 2.75) is 12.1 Å². The van der Waals surface area contributed by atoms with Crippen molar-refractivity contribution in [3.8, 4) is 0 Å². The number of rotatable bonds is 6. The van der Waals surface area contributed by atoms with E-state index in [0.29, 0.717) is 0 Å². The number of nitrogens with one attached hydrogen (secondary N) is 1. The first-order valence-electron chi connectivity index (χ1n) is 6.98. The molecule has 0 radical (unpaired) electrons. The van der Waals surface area contributed by atoms with Crippen molar-refractivity contribution < 1.29 is 36.3 Å². The SMILES string of the molecule is O=C(N[n+]1ccncc1)c1cnc(/C=N/OCC(F)(F)C(F)(F)F)c(Cl)c1. The number of carbonyl (C=O) groups is 1. The predicted molar refractivity (Wildman–Crippen MR) is 81.9 cm³/mol. The molecule has 2 rings (SSSR count). The molecule has 0 unspecified atom stereocenters. The molecule has 0 aromatic carbocycles. The summed E-state index contributed by atoms with van der Waals surface area (Å²) in [7, 11) is 0. The zero-order valence-electron chi connectivity index (χ0n) is 13.1. The van der Waals surface area contributed by atoms with Gasteiger partial charge in [-0.25, -0.2) is 0 Å². The molecule has 27 heavy (non-hydrogen) atoms. The van der Waals surface area contributed by atoms with Crippen molar-refractivity contribution in [2.24, 2.45) is 5.16 Å². The maximum atomic E-state index is 12.6. The van der Waals surface area contributed by atoms with Gasteiger partial charge in [-0.1, -0.05) is 21.4 Å². The van der Waals surface area contributed by atoms with Gasteiger partial charge >= 0.3 is 18.0 Å². The summed E-state index contributed by atoms with van der Waals surface area (Å²) in [5, 5.41) is 2.88. The second-order valence-corrected chi connectivity index (χ2v) is 5.30. The van der Waals surface area contributed by atoms with E-state index in [-0.39, 0.29) is 16.3 Å². The minimum absolute atomic E-state index is 0.0611. The Balaban J connectivity index is 1.99. The van der Waals surface area contributed by atoms with Crippen molar-refractivity contribution in [1.29, 1.82) is 0 Å². The first kappa shape index (κ1) is 20.4. The minimum atomic E-state index is -5.75. The molecule has 144 valence electrons. The number of pyridine rings is 1. The lowest BCUT2D eigenvalue weighted by molar-refractivity contribution is -0.641. The Morgan fingerprint density at radius 1 is 1.30 bits per heavy atom. The third-order valence-corrected chi connectivity index (χ3v) is 3.20. The Morgan fingerprint density at radius 3 is 2.56 bits per heavy atom. The van der Waals surface area contributed by atoms with Gasteiger partial charge in [-0.15, -0.1) is 5.43 Å². The Morgan fingerprint density at radius 2 is 1.96 bits per heavy atom. The summed E-state index contributed by atoms with van der Waals surface area (Å²) in [6.07, 6.45) is 1.92. The molecule has 0 fully saturated rings. The summed E-state index contributed by atoms with van der Waals surface area (Å²) in [6, 6.07) is 1.21. The maximum absolute atomic E-state index is 12.6. The molecule has 2 heterocycles. The fourth-order valence-corrected chi connectivity index (χ4v) is 1.75. The molecule has 2 aromatic heterocycles. The molecule has 0 bridgehead atoms. The van der Waals surface area contributed by atoms with Crippen molar-refractivity contribution in [3.63, 3.8) is 0 Å². The van der Waals surface area contributed by atoms with Gasteiger partial charge in [-0.2, -0.15) is 22.0 Å². The van der Waals surface area contributed by atoms with Crippen LogP contribution in [0.1, 0.15) is 16.1 Å². The molecule has 0 saturated carbocycles. The van der Waals surface area contributed by atoms with Crippen LogP contribution < -0.4 is 10.1 Å². The number of alkyl halides is 5. The van der Waals surface area contributed by atoms with Gasteiger partial charge in [0.2, 0.25) is 12.4 Å². The number of hydrogen-bond donors (Lipinski definition) is 1. The highest BCUT2D eigenvalue weighted by molar-refractivity contribution is 6.33. The smallest absolute Gasteiger partial charge is 0.389 e. The van der Waals surface area contributed by atoms with Crippen molar-refractivity contribution in [3.05, 3.63) is 53.3 Å². The summed E-state index contributed by atoms with van der Waals surface area (Å²) in [4.78, 5) is 23.5. The van der Waals surface area contributed by atoms with Crippen LogP contribution in [-0.4, -0.2) is 40.8 Å². The van der Waals surface area contributed by atoms with E-state index >= 15 is 0 Å². The summed E-state index contributed by atoms with van der Waals surface area (Å²) >= 11 is 5.88. The van der Waals surface area contributed by atoms with E-state index in [1.807, 2.05) is 0 Å². The number of nitrogens with zero attached hydrogens (tertiary/aromatic N) is 4. The molecule has 0 atom stereocenters. The standard InChI is InChI=1S/C14H9ClF5N5O2/c15-10-5-9(12(26)24-25-3-1-21-2-4-25)6-22-11(10)7-23-27-8-13(16,17)14(18,19)20/h1-7H,8H2/p+1/b23-7+. The molecule has 13 heteroatoms. The van der Waals surface area contributed by atoms with E-state index in [1.54, 1.807) is 0 Å². The largest absolute Gasteiger partial charge is 0.457 e. The fourth-order valence-electron chi connectivity index (χ4n) is 1.53. The molecule has 1 amide bonds. The van der Waals surface area contributed by atoms with E-state index in [2.05, 4.69) is 25.4 Å². The number of hydrogen-bond acceptors (Lipinski definition) is 5. The highest BCUT2D eigenvalue weighted by Gasteiger charge is 2.58. The molecular formula is C14H10ClF5N5O2+. The van der Waals surface area contributed by atoms with Crippen LogP contribution in [0, 0.1) is 0 Å². The van der Waals surface area contributed by atoms with Gasteiger partial charge in [-0.3, -0.25) is 14.8 Å². The summed E-state index contributed by atoms with van der Waals surface area (Å²) in [5.74, 6) is -5.61. The van der Waals surface area contributed by atoms with Crippen LogP contribution in [-0.2, 0) is 4.84 Å². The molecular weight excluding hydrogens is 401 g/mol. The lowest BCUT2D eigenvalue weighted by atomic mass is 10.2. The van der Waals surface area contributed by atoms with Gasteiger partial charge in [0.15, 0.2) is 6.61 Å². The molecule has 7 nitrogen and oxygen atoms in total. The minimum Gasteiger partial charge on any atom is -0.389 e. The predicted octanol–water partition coefficient (Wildman–Crippen LogP) is 2.35. The molecule has 0 aliphatic heterocycles. The number of halogens is 6. The Kier molecular flexibility index (Phi) is 6.20. The van der Waals surface area contributed by atoms with E-state index in [1.165, 1.54) is 35.5 Å². The van der Waals surface area contributed by atoms with Crippen LogP contribution in [0.5, 0.6) is 0 Å². The maximum Gasteiger partial charge on any atom is 0.457 e. The van der Waals surface area contributed by atoms with Crippen molar-refractivity contribution in [1.82, 2.24) is 9.97 Å². The highest BCUT2D eigenvalue weighted by Crippen LogP contribution is 2.35. The van der Waals surface area contributed by atoms with Crippen LogP contribution in [0.25, 0.3) is 0 Å². The lowest BCUT2D eigenvalue weighted by Gasteiger charge is -2.17. The molecule has 0 saturated heterocycles. The quantitative estimate of drug-likeness (QED) is 0.343. The van der Waals surface area contributed by atoms with E-state index in [0.717, 1.165) is 12.4 Å². The number of amides is 1. The average molecular weight is 411 g/mol. The van der Waals surface area contributed by atoms with Gasteiger partial charge in [0.05, 0.1) is 29.2 Å². The number of oxime groups is 1. The van der Waals surface area contributed by atoms with E-state index < -0.39 is 24.6 Å². The molecule has 0 aliphatic carbocycles. The van der Waals surface area contributed by atoms with E-state index in [4.69, 9.17) is 11.6 Å². The Hall–Kier alpha value is -2.89. The number of carbonyl (C=O) groups excluding carboxylic acids is 1. The first-order valence-corrected chi connectivity index (χ1v) is 7.36. The van der Waals surface area contributed by atoms with Crippen LogP contribution in [0.3, 0.4) is 0 Å². The molecule has 0 spiro atoms. The highest BCUT2D eigenvalue weighted by atomic mass is 35.5. The zero-order chi connectivity index (χ0) is 20.1. The second kappa shape index (κ2) is 8.20. The topological polar surface area (TPSA) is 80.4 Å². The normalized spacial score (nSPS) is 12.2. The number of aromatic nitrogens is 3. The van der Waals surface area contributed by atoms with Crippen LogP contribution in [0.4, 0.5) is 22.0 Å². The fraction of sp³-hybridized carbons (Fsp3) is 0.214. The van der Waals surface area contributed by atoms with Gasteiger partial charge in [0, 0.05) is 6.20 Å². The summed E-state index contributed by atoms with van der Waals surface area (Å²) in [6.45, 7) is -1.99. The first-order chi connectivity index (χ1) is 12.6. The Labute approximate surface area is 153 Å². The monoisotopic (exact) mass is 410 g/mol. The van der Waals surface area contributed by atoms with Gasteiger partial charge < -0.3 is 4.84 Å². The molecule has 2 aromatic rings. The van der Waals surface area contributed by atoms with Gasteiger partial charge in [0.25, 0.3) is 0 Å². The van der Waals surface area contributed by atoms with Crippen molar-refractivity contribution >= 4 is 23.7 Å². The van der Waals surface area contributed by atoms with Crippen LogP contribution in [0.2, 0.25) is 5.02 Å². The lowest BCUT2D eigenvalue weighted by Crippen LogP contribution is -2.47. The van der Waals surface area contributed by atoms with Crippen LogP contribution >= 0.6 is 11.6 Å². The Bertz CT molecular complexity index is 832. The van der Waals surface area contributed by atoms with Gasteiger partial charge in [0.1, 0.15) is 5.69 Å². The molecule has 1 N–H and O–H groups in total. The average Bonchev–Trinajstić information content (AvgIpc) is 2.59. The van der Waals surface area contributed by atoms with Crippen molar-refractivity contribution in [2.75, 3.05) is 12.0 Å². The third-order valence-electron chi connectivity index (χ3n) is 2.90. The zero-order valence-corrected chi connectivity index (χ0v) is 13.9. The van der Waals surface area contributed by atoms with E-state index in [9.17, 15) is 26.7 Å². The third kappa shape index (κ3) is 5.54. The molecule has 0 aliphatic rings. The van der Waals surface area contributed by atoms with Crippen LogP contribution in [0.15, 0.2) is 42.2 Å². The summed E-state index contributed by atoms with van der Waals surface area (Å²) in [5.41, 5.74) is 2.44. The van der Waals surface area contributed by atoms with Gasteiger partial charge in [-0.05, 0) is 6.07 Å².